The van der Waals surface area contributed by atoms with E-state index >= 15 is 0 Å². The summed E-state index contributed by atoms with van der Waals surface area (Å²) in [6.07, 6.45) is -3.37. The number of pyridine rings is 1. The Labute approximate surface area is 101 Å². The second-order valence-corrected chi connectivity index (χ2v) is 4.07. The summed E-state index contributed by atoms with van der Waals surface area (Å²) >= 11 is 3.07. The molecular formula is C10H5BrF3NO2. The minimum absolute atomic E-state index is 0.126. The molecule has 1 heterocycles. The first kappa shape index (κ1) is 12.0. The number of nitrogens with one attached hydrogen (secondary N) is 1. The maximum absolute atomic E-state index is 12.1. The van der Waals surface area contributed by atoms with Crippen molar-refractivity contribution in [3.8, 4) is 5.75 Å². The van der Waals surface area contributed by atoms with Crippen LogP contribution in [0.15, 0.2) is 33.7 Å². The third-order valence-electron chi connectivity index (χ3n) is 2.03. The van der Waals surface area contributed by atoms with Crippen molar-refractivity contribution in [1.82, 2.24) is 4.98 Å². The fourth-order valence-electron chi connectivity index (χ4n) is 1.41. The van der Waals surface area contributed by atoms with E-state index in [2.05, 4.69) is 25.7 Å². The van der Waals surface area contributed by atoms with E-state index in [1.807, 2.05) is 0 Å². The quantitative estimate of drug-likeness (QED) is 0.879. The largest absolute Gasteiger partial charge is 0.573 e. The van der Waals surface area contributed by atoms with Crippen LogP contribution in [0.4, 0.5) is 13.2 Å². The van der Waals surface area contributed by atoms with Crippen molar-refractivity contribution in [2.75, 3.05) is 0 Å². The normalized spacial score (nSPS) is 11.8. The van der Waals surface area contributed by atoms with Gasteiger partial charge in [0.1, 0.15) is 5.75 Å². The number of alkyl halides is 3. The molecule has 0 saturated heterocycles. The molecule has 0 unspecified atom stereocenters. The highest BCUT2D eigenvalue weighted by Gasteiger charge is 2.31. The average molecular weight is 308 g/mol. The third-order valence-corrected chi connectivity index (χ3v) is 2.65. The Morgan fingerprint density at radius 2 is 2.00 bits per heavy atom. The van der Waals surface area contributed by atoms with Crippen LogP contribution < -0.4 is 10.2 Å². The molecule has 0 radical (unpaired) electrons. The minimum atomic E-state index is -4.78. The Morgan fingerprint density at radius 3 is 2.65 bits per heavy atom. The fraction of sp³-hybridized carbons (Fsp3) is 0.100. The second kappa shape index (κ2) is 4.06. The number of ether oxygens (including phenoxy) is 1. The van der Waals surface area contributed by atoms with Gasteiger partial charge in [0.15, 0.2) is 5.43 Å². The topological polar surface area (TPSA) is 42.1 Å². The molecule has 0 atom stereocenters. The van der Waals surface area contributed by atoms with Crippen molar-refractivity contribution in [2.24, 2.45) is 0 Å². The van der Waals surface area contributed by atoms with Gasteiger partial charge in [0, 0.05) is 16.7 Å². The zero-order chi connectivity index (χ0) is 12.6. The van der Waals surface area contributed by atoms with Crippen molar-refractivity contribution in [3.63, 3.8) is 0 Å². The molecule has 0 fully saturated rings. The highest BCUT2D eigenvalue weighted by Crippen LogP contribution is 2.29. The van der Waals surface area contributed by atoms with Gasteiger partial charge in [-0.2, -0.15) is 0 Å². The zero-order valence-corrected chi connectivity index (χ0v) is 9.72. The number of hydrogen-bond acceptors (Lipinski definition) is 2. The lowest BCUT2D eigenvalue weighted by Gasteiger charge is -2.10. The van der Waals surface area contributed by atoms with Crippen LogP contribution in [0.5, 0.6) is 5.75 Å². The lowest BCUT2D eigenvalue weighted by Crippen LogP contribution is -2.17. The van der Waals surface area contributed by atoms with E-state index in [-0.39, 0.29) is 10.8 Å². The lowest BCUT2D eigenvalue weighted by atomic mass is 10.2. The summed E-state index contributed by atoms with van der Waals surface area (Å²) < 4.78 is 40.2. The summed E-state index contributed by atoms with van der Waals surface area (Å²) in [7, 11) is 0. The number of benzene rings is 1. The van der Waals surface area contributed by atoms with Crippen LogP contribution in [0.3, 0.4) is 0 Å². The molecule has 17 heavy (non-hydrogen) atoms. The molecular weight excluding hydrogens is 303 g/mol. The Kier molecular flexibility index (Phi) is 2.86. The molecule has 2 rings (SSSR count). The minimum Gasteiger partial charge on any atom is -0.406 e. The van der Waals surface area contributed by atoms with Gasteiger partial charge >= 0.3 is 6.36 Å². The van der Waals surface area contributed by atoms with Crippen molar-refractivity contribution in [1.29, 1.82) is 0 Å². The number of aromatic amines is 1. The van der Waals surface area contributed by atoms with E-state index in [1.54, 1.807) is 0 Å². The van der Waals surface area contributed by atoms with Crippen molar-refractivity contribution in [2.45, 2.75) is 6.36 Å². The second-order valence-electron chi connectivity index (χ2n) is 3.22. The molecule has 1 N–H and O–H groups in total. The van der Waals surface area contributed by atoms with Crippen LogP contribution in [0, 0.1) is 0 Å². The summed E-state index contributed by atoms with van der Waals surface area (Å²) in [5.41, 5.74) is 0.0408. The van der Waals surface area contributed by atoms with Gasteiger partial charge in [0.25, 0.3) is 0 Å². The van der Waals surface area contributed by atoms with Crippen molar-refractivity contribution < 1.29 is 17.9 Å². The number of H-pyrrole nitrogens is 1. The molecule has 2 aromatic rings. The van der Waals surface area contributed by atoms with Crippen LogP contribution in [-0.2, 0) is 0 Å². The molecule has 0 amide bonds. The van der Waals surface area contributed by atoms with Crippen LogP contribution >= 0.6 is 15.9 Å². The predicted molar refractivity (Wildman–Crippen MR) is 59.0 cm³/mol. The van der Waals surface area contributed by atoms with Crippen LogP contribution in [0.2, 0.25) is 0 Å². The van der Waals surface area contributed by atoms with E-state index in [4.69, 9.17) is 0 Å². The van der Waals surface area contributed by atoms with E-state index in [0.29, 0.717) is 9.99 Å². The van der Waals surface area contributed by atoms with Crippen molar-refractivity contribution >= 4 is 26.8 Å². The number of aromatic nitrogens is 1. The Morgan fingerprint density at radius 1 is 1.29 bits per heavy atom. The van der Waals surface area contributed by atoms with Crippen molar-refractivity contribution in [3.05, 3.63) is 39.1 Å². The fourth-order valence-corrected chi connectivity index (χ4v) is 1.96. The van der Waals surface area contributed by atoms with Gasteiger partial charge in [-0.25, -0.2) is 0 Å². The monoisotopic (exact) mass is 307 g/mol. The molecule has 0 saturated carbocycles. The number of fused-ring (bicyclic) bond motifs is 1. The van der Waals surface area contributed by atoms with Crippen LogP contribution in [-0.4, -0.2) is 11.3 Å². The molecule has 1 aromatic carbocycles. The first-order valence-corrected chi connectivity index (χ1v) is 5.23. The maximum atomic E-state index is 12.1. The number of rotatable bonds is 1. The van der Waals surface area contributed by atoms with Gasteiger partial charge in [0.2, 0.25) is 0 Å². The molecule has 0 aliphatic carbocycles. The molecule has 0 spiro atoms. The summed E-state index contributed by atoms with van der Waals surface area (Å²) in [5, 5.41) is 0.126. The number of hydrogen-bond donors (Lipinski definition) is 1. The SMILES string of the molecule is O=c1cc[nH]c2c(Br)cc(OC(F)(F)F)cc12. The summed E-state index contributed by atoms with van der Waals surface area (Å²) in [5.74, 6) is -0.437. The molecule has 0 aliphatic rings. The summed E-state index contributed by atoms with van der Waals surface area (Å²) in [4.78, 5) is 14.2. The standard InChI is InChI=1S/C10H5BrF3NO2/c11-7-4-5(17-10(12,13)14)3-6-8(16)1-2-15-9(6)7/h1-4H,(H,15,16). The van der Waals surface area contributed by atoms with Crippen LogP contribution in [0.1, 0.15) is 0 Å². The summed E-state index contributed by atoms with van der Waals surface area (Å²) in [6, 6.07) is 3.42. The van der Waals surface area contributed by atoms with Gasteiger partial charge in [0.05, 0.1) is 10.9 Å². The smallest absolute Gasteiger partial charge is 0.406 e. The van der Waals surface area contributed by atoms with E-state index in [1.165, 1.54) is 12.3 Å². The molecule has 1 aromatic heterocycles. The average Bonchev–Trinajstić information content (AvgIpc) is 2.17. The first-order valence-electron chi connectivity index (χ1n) is 4.43. The zero-order valence-electron chi connectivity index (χ0n) is 8.14. The van der Waals surface area contributed by atoms with Gasteiger partial charge in [-0.05, 0) is 28.1 Å². The highest BCUT2D eigenvalue weighted by molar-refractivity contribution is 9.10. The predicted octanol–water partition coefficient (Wildman–Crippen LogP) is 3.19. The van der Waals surface area contributed by atoms with E-state index < -0.39 is 12.1 Å². The van der Waals surface area contributed by atoms with Gasteiger partial charge in [-0.15, -0.1) is 13.2 Å². The van der Waals surface area contributed by atoms with Gasteiger partial charge < -0.3 is 9.72 Å². The molecule has 3 nitrogen and oxygen atoms in total. The van der Waals surface area contributed by atoms with Gasteiger partial charge in [-0.3, -0.25) is 4.79 Å². The third kappa shape index (κ3) is 2.60. The Bertz CT molecular complexity index is 621. The number of halogens is 4. The maximum Gasteiger partial charge on any atom is 0.573 e. The Hall–Kier alpha value is -1.50. The molecule has 0 bridgehead atoms. The lowest BCUT2D eigenvalue weighted by molar-refractivity contribution is -0.274. The highest BCUT2D eigenvalue weighted by atomic mass is 79.9. The molecule has 7 heteroatoms. The van der Waals surface area contributed by atoms with E-state index in [9.17, 15) is 18.0 Å². The Balaban J connectivity index is 2.62. The molecule has 90 valence electrons. The molecule has 0 aliphatic heterocycles. The van der Waals surface area contributed by atoms with E-state index in [0.717, 1.165) is 12.1 Å². The summed E-state index contributed by atoms with van der Waals surface area (Å²) in [6.45, 7) is 0. The van der Waals surface area contributed by atoms with Crippen LogP contribution in [0.25, 0.3) is 10.9 Å². The van der Waals surface area contributed by atoms with Gasteiger partial charge in [-0.1, -0.05) is 0 Å². The first-order chi connectivity index (χ1) is 7.87.